The van der Waals surface area contributed by atoms with E-state index in [9.17, 15) is 27.6 Å². The number of ether oxygens (including phenoxy) is 2. The Morgan fingerprint density at radius 2 is 1.01 bits per heavy atom. The van der Waals surface area contributed by atoms with Gasteiger partial charge in [0, 0.05) is 118 Å². The fourth-order valence-electron chi connectivity index (χ4n) is 9.91. The predicted octanol–water partition coefficient (Wildman–Crippen LogP) is 11.4. The van der Waals surface area contributed by atoms with Gasteiger partial charge in [0.25, 0.3) is 24.2 Å². The molecular weight excluding hydrogens is 1340 g/mol. The van der Waals surface area contributed by atoms with Crippen LogP contribution in [0.1, 0.15) is 50.9 Å². The molecule has 13 rings (SSSR count). The predicted molar refractivity (Wildman–Crippen MR) is 379 cm³/mol. The Morgan fingerprint density at radius 3 is 1.54 bits per heavy atom. The van der Waals surface area contributed by atoms with Gasteiger partial charge in [0.2, 0.25) is 5.88 Å². The van der Waals surface area contributed by atoms with E-state index in [1.54, 1.807) is 111 Å². The number of carbonyl (C=O) groups is 4. The van der Waals surface area contributed by atoms with E-state index >= 15 is 0 Å². The largest absolute Gasteiger partial charge is 0.483 e. The van der Waals surface area contributed by atoms with Crippen LogP contribution < -0.4 is 25.4 Å². The summed E-state index contributed by atoms with van der Waals surface area (Å²) in [7, 11) is 3.48. The van der Waals surface area contributed by atoms with Crippen molar-refractivity contribution in [3.8, 4) is 79.6 Å². The molecule has 0 radical (unpaired) electrons. The Hall–Kier alpha value is -13.7. The van der Waals surface area contributed by atoms with Gasteiger partial charge in [0.15, 0.2) is 6.61 Å². The quantitative estimate of drug-likeness (QED) is 0.0458. The molecule has 28 nitrogen and oxygen atoms in total. The zero-order valence-corrected chi connectivity index (χ0v) is 56.3. The topological polar surface area (TPSA) is 342 Å². The van der Waals surface area contributed by atoms with Crippen molar-refractivity contribution in [2.45, 2.75) is 33.2 Å². The van der Waals surface area contributed by atoms with Crippen molar-refractivity contribution >= 4 is 41.3 Å². The average molecular weight is 1410 g/mol. The van der Waals surface area contributed by atoms with Crippen LogP contribution >= 0.6 is 0 Å². The Morgan fingerprint density at radius 1 is 0.500 bits per heavy atom. The number of amides is 3. The van der Waals surface area contributed by atoms with Crippen LogP contribution in [-0.2, 0) is 32.0 Å². The zero-order valence-electron chi connectivity index (χ0n) is 56.3. The molecule has 12 heterocycles. The number of anilines is 3. The molecule has 31 heteroatoms. The number of pyridine rings is 7. The second-order valence-corrected chi connectivity index (χ2v) is 22.1. The SMILES string of the molecule is CCN(CC)CCn1cc(NC(=O)c2cccc(-c3ccncc3)n2)c(-c2ccccn2)n1.Cn1cc(NC(=O)c2cccc(-c3ccnc(OCc4ccccc4)c3)n2)c(-c2cnccn2)n1.Cn1cc(NC(=O)c2cccc(-c3cncc(OCC(F)(F)F)c3)n2)c(-c2cnccn2)n1.O=CO. The van der Waals surface area contributed by atoms with E-state index in [1.807, 2.05) is 95.8 Å². The number of hydrogen-bond acceptors (Lipinski definition) is 21. The smallest absolute Gasteiger partial charge is 0.422 e. The van der Waals surface area contributed by atoms with Crippen LogP contribution in [0, 0.1) is 0 Å². The van der Waals surface area contributed by atoms with Crippen molar-refractivity contribution in [3.63, 3.8) is 0 Å². The van der Waals surface area contributed by atoms with Gasteiger partial charge in [-0.2, -0.15) is 28.5 Å². The maximum Gasteiger partial charge on any atom is 0.422 e. The molecule has 0 fully saturated rings. The fraction of sp³-hybridized carbons (Fsp3) is 0.151. The Kier molecular flexibility index (Phi) is 25.2. The van der Waals surface area contributed by atoms with Crippen LogP contribution in [-0.4, -0.2) is 151 Å². The molecule has 0 aliphatic rings. The van der Waals surface area contributed by atoms with Crippen molar-refractivity contribution < 1.29 is 46.9 Å². The highest BCUT2D eigenvalue weighted by molar-refractivity contribution is 6.06. The summed E-state index contributed by atoms with van der Waals surface area (Å²) in [6.45, 7) is 6.56. The first-order valence-electron chi connectivity index (χ1n) is 32.0. The molecule has 0 atom stereocenters. The normalized spacial score (nSPS) is 10.8. The van der Waals surface area contributed by atoms with Crippen LogP contribution in [0.3, 0.4) is 0 Å². The number of nitrogens with one attached hydrogen (secondary N) is 3. The first kappa shape index (κ1) is 73.0. The lowest BCUT2D eigenvalue weighted by Crippen LogP contribution is -2.27. The second kappa shape index (κ2) is 35.9. The fourth-order valence-corrected chi connectivity index (χ4v) is 9.91. The third-order valence-corrected chi connectivity index (χ3v) is 14.8. The number of aryl methyl sites for hydroxylation is 2. The number of rotatable bonds is 22. The number of nitrogens with zero attached hydrogens (tertiary/aromatic N) is 18. The molecule has 0 bridgehead atoms. The number of carbonyl (C=O) groups excluding carboxylic acids is 3. The number of benzene rings is 1. The van der Waals surface area contributed by atoms with E-state index in [0.29, 0.717) is 98.6 Å². The van der Waals surface area contributed by atoms with E-state index < -0.39 is 18.7 Å². The molecule has 526 valence electrons. The highest BCUT2D eigenvalue weighted by Crippen LogP contribution is 2.30. The first-order chi connectivity index (χ1) is 50.5. The standard InChI is InChI=1S/C26H21N7O2.C25H27N7O.C21H16F3N7O2.CH2O2/c1-33-16-23(25(32-33)22-15-27-12-13-28-22)31-26(34)21-9-5-8-20(30-21)19-10-11-29-24(14-19)35-17-18-6-3-2-4-7-18;1-3-31(4-2)16-17-32-18-23(24(30-32)21-8-5-6-13-27-21)29-25(33)22-10-7-9-20(28-22)19-11-14-26-15-12-19;1-31-11-18(19(30-31)17-10-25-5-6-27-17)29-20(32)16-4-2-3-15(28-16)13-7-14(9-26-8-13)33-12-21(22,23)24;2-1-3/h2-16H,17H2,1H3,(H,31,34);5-15,18H,3-4,16-17H2,1-2H3,(H,29,33);2-11H,12H2,1H3,(H,29,32);1H,(H,2,3). The van der Waals surface area contributed by atoms with Crippen molar-refractivity contribution in [3.05, 3.63) is 249 Å². The summed E-state index contributed by atoms with van der Waals surface area (Å²) < 4.78 is 52.8. The number of hydrogen-bond donors (Lipinski definition) is 4. The van der Waals surface area contributed by atoms with Crippen molar-refractivity contribution in [1.82, 2.24) is 89.1 Å². The first-order valence-corrected chi connectivity index (χ1v) is 32.0. The molecule has 0 unspecified atom stereocenters. The van der Waals surface area contributed by atoms with Crippen LogP contribution in [0.25, 0.3) is 67.9 Å². The van der Waals surface area contributed by atoms with Gasteiger partial charge >= 0.3 is 6.18 Å². The minimum atomic E-state index is -4.47. The lowest BCUT2D eigenvalue weighted by molar-refractivity contribution is -0.153. The molecule has 3 amide bonds. The summed E-state index contributed by atoms with van der Waals surface area (Å²) in [6.07, 6.45) is 19.4. The van der Waals surface area contributed by atoms with Gasteiger partial charge in [0.05, 0.1) is 65.0 Å². The summed E-state index contributed by atoms with van der Waals surface area (Å²) in [5, 5.41) is 29.0. The molecule has 104 heavy (non-hydrogen) atoms. The Balaban J connectivity index is 0.000000164. The third-order valence-electron chi connectivity index (χ3n) is 14.8. The van der Waals surface area contributed by atoms with Gasteiger partial charge in [0.1, 0.15) is 57.9 Å². The lowest BCUT2D eigenvalue weighted by Gasteiger charge is -2.17. The maximum atomic E-state index is 13.1. The van der Waals surface area contributed by atoms with Gasteiger partial charge in [-0.3, -0.25) is 68.1 Å². The van der Waals surface area contributed by atoms with Crippen LogP contribution in [0.4, 0.5) is 30.2 Å². The van der Waals surface area contributed by atoms with Crippen molar-refractivity contribution in [1.29, 1.82) is 0 Å². The van der Waals surface area contributed by atoms with Crippen molar-refractivity contribution in [2.24, 2.45) is 14.1 Å². The molecule has 1 aromatic carbocycles. The molecule has 4 N–H and O–H groups in total. The third kappa shape index (κ3) is 20.7. The van der Waals surface area contributed by atoms with E-state index in [-0.39, 0.29) is 35.4 Å². The maximum absolute atomic E-state index is 13.1. The highest BCUT2D eigenvalue weighted by Gasteiger charge is 2.29. The number of likely N-dealkylation sites (N-methyl/N-ethyl adjacent to an activating group) is 1. The Bertz CT molecular complexity index is 4960. The number of alkyl halides is 3. The lowest BCUT2D eigenvalue weighted by atomic mass is 10.1. The molecule has 12 aromatic heterocycles. The summed E-state index contributed by atoms with van der Waals surface area (Å²) in [4.78, 5) is 96.3. The van der Waals surface area contributed by atoms with Gasteiger partial charge in [-0.1, -0.05) is 68.4 Å². The van der Waals surface area contributed by atoms with E-state index in [2.05, 4.69) is 99.7 Å². The minimum absolute atomic E-state index is 0.0644. The van der Waals surface area contributed by atoms with Crippen LogP contribution in [0.2, 0.25) is 0 Å². The number of aromatic nitrogens is 17. The monoisotopic (exact) mass is 1410 g/mol. The van der Waals surface area contributed by atoms with Gasteiger partial charge in [-0.05, 0) is 91.4 Å². The van der Waals surface area contributed by atoms with E-state index in [4.69, 9.17) is 24.5 Å². The summed E-state index contributed by atoms with van der Waals surface area (Å²) in [5.74, 6) is -0.754. The Labute approximate surface area is 592 Å². The van der Waals surface area contributed by atoms with Gasteiger partial charge in [-0.15, -0.1) is 0 Å². The molecule has 0 aliphatic carbocycles. The van der Waals surface area contributed by atoms with E-state index in [1.165, 1.54) is 47.8 Å². The highest BCUT2D eigenvalue weighted by atomic mass is 19.4. The molecule has 0 saturated carbocycles. The molecular formula is C73H66F3N21O7. The number of halogens is 3. The summed E-state index contributed by atoms with van der Waals surface area (Å²) >= 11 is 0. The molecule has 0 spiro atoms. The molecule has 13 aromatic rings. The molecule has 0 aliphatic heterocycles. The van der Waals surface area contributed by atoms with Gasteiger partial charge < -0.3 is 35.4 Å². The molecule has 0 saturated heterocycles. The average Bonchev–Trinajstić information content (AvgIpc) is 1.49. The summed E-state index contributed by atoms with van der Waals surface area (Å²) in [5.41, 5.74) is 10.4. The van der Waals surface area contributed by atoms with Gasteiger partial charge in [-0.25, -0.2) is 19.9 Å². The minimum Gasteiger partial charge on any atom is -0.483 e. The number of carboxylic acid groups (broad SMARTS) is 1. The summed E-state index contributed by atoms with van der Waals surface area (Å²) in [6, 6.07) is 39.6. The second-order valence-electron chi connectivity index (χ2n) is 22.1. The van der Waals surface area contributed by atoms with E-state index in [0.717, 1.165) is 36.3 Å². The van der Waals surface area contributed by atoms with Crippen LogP contribution in [0.15, 0.2) is 226 Å². The van der Waals surface area contributed by atoms with Crippen molar-refractivity contribution in [2.75, 3.05) is 42.2 Å². The van der Waals surface area contributed by atoms with Crippen LogP contribution in [0.5, 0.6) is 11.6 Å². The zero-order chi connectivity index (χ0) is 73.2.